The number of thiazole rings is 1. The molecule has 1 aromatic heterocycles. The van der Waals surface area contributed by atoms with Crippen molar-refractivity contribution in [3.63, 3.8) is 0 Å². The number of esters is 1. The summed E-state index contributed by atoms with van der Waals surface area (Å²) >= 11 is 1.40. The first kappa shape index (κ1) is 20.3. The Hall–Kier alpha value is -2.99. The zero-order valence-electron chi connectivity index (χ0n) is 16.9. The summed E-state index contributed by atoms with van der Waals surface area (Å²) in [6.07, 6.45) is 2.86. The summed E-state index contributed by atoms with van der Waals surface area (Å²) < 4.78 is 5.62. The minimum Gasteiger partial charge on any atom is -0.458 e. The molecule has 30 heavy (non-hydrogen) atoms. The van der Waals surface area contributed by atoms with Gasteiger partial charge in [0.25, 0.3) is 0 Å². The second-order valence-corrected chi connectivity index (χ2v) is 8.64. The predicted octanol–water partition coefficient (Wildman–Crippen LogP) is 4.80. The molecule has 0 saturated heterocycles. The summed E-state index contributed by atoms with van der Waals surface area (Å²) in [6.45, 7) is 2.13. The molecule has 1 fully saturated rings. The fourth-order valence-corrected chi connectivity index (χ4v) is 4.43. The van der Waals surface area contributed by atoms with Gasteiger partial charge < -0.3 is 10.1 Å². The van der Waals surface area contributed by atoms with Crippen LogP contribution in [0.3, 0.4) is 0 Å². The summed E-state index contributed by atoms with van der Waals surface area (Å²) in [5, 5.41) is 5.42. The lowest BCUT2D eigenvalue weighted by molar-refractivity contribution is -0.156. The third-order valence-corrected chi connectivity index (χ3v) is 6.42. The Morgan fingerprint density at radius 3 is 2.50 bits per heavy atom. The highest BCUT2D eigenvalue weighted by Crippen LogP contribution is 2.44. The molecule has 1 aliphatic carbocycles. The Labute approximate surface area is 180 Å². The van der Waals surface area contributed by atoms with Crippen LogP contribution in [0.15, 0.2) is 60.0 Å². The van der Waals surface area contributed by atoms with Gasteiger partial charge in [-0.25, -0.2) is 4.98 Å². The highest BCUT2D eigenvalue weighted by atomic mass is 32.1. The summed E-state index contributed by atoms with van der Waals surface area (Å²) in [6, 6.07) is 17.5. The Morgan fingerprint density at radius 2 is 1.83 bits per heavy atom. The maximum Gasteiger partial charge on any atom is 0.316 e. The van der Waals surface area contributed by atoms with Crippen LogP contribution < -0.4 is 5.32 Å². The number of carbonyl (C=O) groups is 2. The second kappa shape index (κ2) is 8.79. The number of aryl methyl sites for hydroxylation is 1. The van der Waals surface area contributed by atoms with Gasteiger partial charge in [-0.15, -0.1) is 11.3 Å². The van der Waals surface area contributed by atoms with Gasteiger partial charge in [0, 0.05) is 11.1 Å². The Balaban J connectivity index is 1.32. The predicted molar refractivity (Wildman–Crippen MR) is 117 cm³/mol. The molecule has 1 aliphatic rings. The largest absolute Gasteiger partial charge is 0.458 e. The molecule has 5 nitrogen and oxygen atoms in total. The van der Waals surface area contributed by atoms with Gasteiger partial charge in [0.05, 0.1) is 17.5 Å². The van der Waals surface area contributed by atoms with Crippen molar-refractivity contribution in [2.24, 2.45) is 0 Å². The van der Waals surface area contributed by atoms with E-state index in [1.165, 1.54) is 11.3 Å². The molecule has 3 aromatic rings. The lowest BCUT2D eigenvalue weighted by Gasteiger charge is -2.39. The molecule has 154 valence electrons. The molecular formula is C24H24N2O3S. The molecule has 1 amide bonds. The van der Waals surface area contributed by atoms with Crippen LogP contribution in [-0.4, -0.2) is 16.9 Å². The summed E-state index contributed by atoms with van der Waals surface area (Å²) in [5.41, 5.74) is 3.08. The zero-order valence-corrected chi connectivity index (χ0v) is 17.7. The minimum atomic E-state index is -0.520. The van der Waals surface area contributed by atoms with Crippen LogP contribution in [0.5, 0.6) is 0 Å². The van der Waals surface area contributed by atoms with E-state index in [0.29, 0.717) is 10.7 Å². The van der Waals surface area contributed by atoms with Crippen LogP contribution in [0.2, 0.25) is 0 Å². The molecule has 2 aromatic carbocycles. The topological polar surface area (TPSA) is 68.3 Å². The Kier molecular flexibility index (Phi) is 5.95. The number of amides is 1. The number of hydrogen-bond acceptors (Lipinski definition) is 5. The average Bonchev–Trinajstić information content (AvgIpc) is 3.15. The van der Waals surface area contributed by atoms with Crippen molar-refractivity contribution in [2.45, 2.75) is 44.6 Å². The second-order valence-electron chi connectivity index (χ2n) is 7.70. The molecule has 0 atom stereocenters. The fraction of sp³-hybridized carbons (Fsp3) is 0.292. The number of nitrogens with zero attached hydrogens (tertiary/aromatic N) is 1. The van der Waals surface area contributed by atoms with Crippen LogP contribution in [0.25, 0.3) is 0 Å². The van der Waals surface area contributed by atoms with Crippen LogP contribution in [0.4, 0.5) is 5.69 Å². The number of aromatic nitrogens is 1. The van der Waals surface area contributed by atoms with Crippen molar-refractivity contribution in [3.05, 3.63) is 81.8 Å². The fourth-order valence-electron chi connectivity index (χ4n) is 3.65. The minimum absolute atomic E-state index is 0.116. The van der Waals surface area contributed by atoms with Crippen molar-refractivity contribution in [1.29, 1.82) is 0 Å². The van der Waals surface area contributed by atoms with Gasteiger partial charge >= 0.3 is 5.97 Å². The van der Waals surface area contributed by atoms with E-state index < -0.39 is 5.41 Å². The number of carbonyl (C=O) groups excluding carboxylic acids is 2. The summed E-state index contributed by atoms with van der Waals surface area (Å²) in [7, 11) is 0. The summed E-state index contributed by atoms with van der Waals surface area (Å²) in [4.78, 5) is 29.5. The molecule has 0 bridgehead atoms. The molecule has 1 N–H and O–H groups in total. The van der Waals surface area contributed by atoms with Crippen LogP contribution in [0, 0.1) is 6.92 Å². The van der Waals surface area contributed by atoms with Crippen LogP contribution in [-0.2, 0) is 32.8 Å². The van der Waals surface area contributed by atoms with Crippen molar-refractivity contribution >= 4 is 28.9 Å². The van der Waals surface area contributed by atoms with Crippen molar-refractivity contribution in [3.8, 4) is 0 Å². The lowest BCUT2D eigenvalue weighted by atomic mass is 9.64. The molecule has 4 rings (SSSR count). The van der Waals surface area contributed by atoms with Gasteiger partial charge in [-0.05, 0) is 37.5 Å². The van der Waals surface area contributed by atoms with E-state index >= 15 is 0 Å². The number of nitrogens with one attached hydrogen (secondary N) is 1. The van der Waals surface area contributed by atoms with Crippen molar-refractivity contribution in [1.82, 2.24) is 4.98 Å². The van der Waals surface area contributed by atoms with E-state index in [2.05, 4.69) is 10.3 Å². The van der Waals surface area contributed by atoms with Gasteiger partial charge in [-0.3, -0.25) is 9.59 Å². The Morgan fingerprint density at radius 1 is 1.10 bits per heavy atom. The maximum absolute atomic E-state index is 12.8. The van der Waals surface area contributed by atoms with Gasteiger partial charge in [-0.2, -0.15) is 0 Å². The van der Waals surface area contributed by atoms with E-state index in [0.717, 1.165) is 36.1 Å². The first-order valence-corrected chi connectivity index (χ1v) is 11.0. The lowest BCUT2D eigenvalue weighted by Crippen LogP contribution is -2.43. The normalized spacial score (nSPS) is 14.6. The van der Waals surface area contributed by atoms with Crippen LogP contribution in [0.1, 0.15) is 41.1 Å². The van der Waals surface area contributed by atoms with Crippen LogP contribution >= 0.6 is 11.3 Å². The monoisotopic (exact) mass is 420 g/mol. The first-order chi connectivity index (χ1) is 14.5. The van der Waals surface area contributed by atoms with Gasteiger partial charge in [0.15, 0.2) is 0 Å². The van der Waals surface area contributed by atoms with Gasteiger partial charge in [-0.1, -0.05) is 54.4 Å². The smallest absolute Gasteiger partial charge is 0.316 e. The highest BCUT2D eigenvalue weighted by Gasteiger charge is 2.47. The number of benzene rings is 2. The van der Waals surface area contributed by atoms with Gasteiger partial charge in [0.1, 0.15) is 11.6 Å². The third-order valence-electron chi connectivity index (χ3n) is 5.52. The number of rotatable bonds is 7. The molecule has 0 spiro atoms. The number of anilines is 1. The van der Waals surface area contributed by atoms with E-state index in [1.807, 2.05) is 66.9 Å². The van der Waals surface area contributed by atoms with E-state index in [4.69, 9.17) is 4.74 Å². The van der Waals surface area contributed by atoms with Gasteiger partial charge in [0.2, 0.25) is 5.91 Å². The summed E-state index contributed by atoms with van der Waals surface area (Å²) in [5.74, 6) is -0.305. The zero-order chi connectivity index (χ0) is 21.0. The number of ether oxygens (including phenoxy) is 1. The molecule has 1 heterocycles. The van der Waals surface area contributed by atoms with Crippen molar-refractivity contribution < 1.29 is 14.3 Å². The SMILES string of the molecule is Cc1ccc(NC(=O)Cc2nc(COC(=O)C3(c4ccccc4)CCC3)cs2)cc1. The molecule has 0 radical (unpaired) electrons. The number of hydrogen-bond donors (Lipinski definition) is 1. The average molecular weight is 421 g/mol. The van der Waals surface area contributed by atoms with E-state index in [1.54, 1.807) is 0 Å². The first-order valence-electron chi connectivity index (χ1n) is 10.1. The van der Waals surface area contributed by atoms with E-state index in [9.17, 15) is 9.59 Å². The molecule has 6 heteroatoms. The standard InChI is InChI=1S/C24H24N2O3S/c1-17-8-10-19(11-9-17)25-21(27)14-22-26-20(16-30-22)15-29-23(28)24(12-5-13-24)18-6-3-2-4-7-18/h2-4,6-11,16H,5,12-15H2,1H3,(H,25,27). The highest BCUT2D eigenvalue weighted by molar-refractivity contribution is 7.09. The molecule has 0 aliphatic heterocycles. The maximum atomic E-state index is 12.8. The van der Waals surface area contributed by atoms with E-state index in [-0.39, 0.29) is 24.9 Å². The molecule has 0 unspecified atom stereocenters. The molecule has 1 saturated carbocycles. The van der Waals surface area contributed by atoms with Crippen molar-refractivity contribution in [2.75, 3.05) is 5.32 Å². The molecular weight excluding hydrogens is 396 g/mol. The Bertz CT molecular complexity index is 1020. The third kappa shape index (κ3) is 4.44. The quantitative estimate of drug-likeness (QED) is 0.558.